The minimum atomic E-state index is -0.630. The highest BCUT2D eigenvalue weighted by atomic mass is 19.1. The van der Waals surface area contributed by atoms with E-state index in [-0.39, 0.29) is 11.9 Å². The summed E-state index contributed by atoms with van der Waals surface area (Å²) >= 11 is 0. The van der Waals surface area contributed by atoms with Gasteiger partial charge in [0.1, 0.15) is 11.6 Å². The molecule has 17 heavy (non-hydrogen) atoms. The fourth-order valence-electron chi connectivity index (χ4n) is 2.32. The Hall–Kier alpha value is -1.09. The first kappa shape index (κ1) is 12.4. The van der Waals surface area contributed by atoms with Gasteiger partial charge in [0.05, 0.1) is 12.2 Å². The van der Waals surface area contributed by atoms with Crippen molar-refractivity contribution in [3.05, 3.63) is 29.6 Å². The molecule has 0 saturated heterocycles. The summed E-state index contributed by atoms with van der Waals surface area (Å²) in [6, 6.07) is 4.32. The first-order valence-corrected chi connectivity index (χ1v) is 6.31. The van der Waals surface area contributed by atoms with Gasteiger partial charge in [0.25, 0.3) is 0 Å². The lowest BCUT2D eigenvalue weighted by Gasteiger charge is -2.24. The largest absolute Gasteiger partial charge is 0.490 e. The molecule has 1 saturated carbocycles. The van der Waals surface area contributed by atoms with Gasteiger partial charge in [-0.3, -0.25) is 0 Å². The molecule has 1 N–H and O–H groups in total. The van der Waals surface area contributed by atoms with Crippen molar-refractivity contribution in [3.63, 3.8) is 0 Å². The predicted molar refractivity (Wildman–Crippen MR) is 64.5 cm³/mol. The number of halogens is 1. The molecule has 1 aliphatic carbocycles. The molecule has 0 spiro atoms. The van der Waals surface area contributed by atoms with Crippen LogP contribution in [0.4, 0.5) is 4.39 Å². The maximum Gasteiger partial charge on any atom is 0.128 e. The van der Waals surface area contributed by atoms with Gasteiger partial charge in [-0.1, -0.05) is 6.42 Å². The Morgan fingerprint density at radius 2 is 2.00 bits per heavy atom. The van der Waals surface area contributed by atoms with Crippen LogP contribution in [0, 0.1) is 5.82 Å². The Balaban J connectivity index is 2.14. The van der Waals surface area contributed by atoms with Crippen LogP contribution in [0.25, 0.3) is 0 Å². The van der Waals surface area contributed by atoms with Gasteiger partial charge in [-0.05, 0) is 44.7 Å². The summed E-state index contributed by atoms with van der Waals surface area (Å²) in [6.07, 6.45) is 5.18. The van der Waals surface area contributed by atoms with Crippen molar-refractivity contribution in [2.75, 3.05) is 0 Å². The molecule has 0 heterocycles. The zero-order valence-electron chi connectivity index (χ0n) is 10.2. The third kappa shape index (κ3) is 3.19. The minimum Gasteiger partial charge on any atom is -0.490 e. The lowest BCUT2D eigenvalue weighted by Crippen LogP contribution is -2.20. The quantitative estimate of drug-likeness (QED) is 0.872. The molecule has 0 radical (unpaired) electrons. The number of aliphatic hydroxyl groups is 1. The fraction of sp³-hybridized carbons (Fsp3) is 0.571. The second-order valence-corrected chi connectivity index (χ2v) is 4.74. The van der Waals surface area contributed by atoms with Gasteiger partial charge < -0.3 is 9.84 Å². The summed E-state index contributed by atoms with van der Waals surface area (Å²) in [5.41, 5.74) is 0.664. The van der Waals surface area contributed by atoms with Crippen LogP contribution in [0.15, 0.2) is 18.2 Å². The molecule has 1 aromatic rings. The molecule has 1 fully saturated rings. The van der Waals surface area contributed by atoms with Crippen LogP contribution in [0.1, 0.15) is 50.7 Å². The average molecular weight is 238 g/mol. The van der Waals surface area contributed by atoms with Crippen molar-refractivity contribution in [1.82, 2.24) is 0 Å². The number of hydrogen-bond donors (Lipinski definition) is 1. The second kappa shape index (κ2) is 5.50. The summed E-state index contributed by atoms with van der Waals surface area (Å²) in [6.45, 7) is 1.67. The van der Waals surface area contributed by atoms with Gasteiger partial charge >= 0.3 is 0 Å². The van der Waals surface area contributed by atoms with E-state index in [1.54, 1.807) is 13.0 Å². The van der Waals surface area contributed by atoms with E-state index in [1.807, 2.05) is 0 Å². The smallest absolute Gasteiger partial charge is 0.128 e. The van der Waals surface area contributed by atoms with Gasteiger partial charge in [-0.25, -0.2) is 4.39 Å². The SMILES string of the molecule is CC(O)c1ccc(F)cc1OC1CCCCC1. The molecule has 2 rings (SSSR count). The Labute approximate surface area is 101 Å². The van der Waals surface area contributed by atoms with Crippen LogP contribution in [0.2, 0.25) is 0 Å². The molecular weight excluding hydrogens is 219 g/mol. The van der Waals surface area contributed by atoms with Crippen LogP contribution in [-0.4, -0.2) is 11.2 Å². The number of ether oxygens (including phenoxy) is 1. The predicted octanol–water partition coefficient (Wildman–Crippen LogP) is 3.59. The van der Waals surface area contributed by atoms with E-state index in [4.69, 9.17) is 4.74 Å². The molecule has 1 atom stereocenters. The van der Waals surface area contributed by atoms with Crippen molar-refractivity contribution in [1.29, 1.82) is 0 Å². The first-order valence-electron chi connectivity index (χ1n) is 6.31. The maximum absolute atomic E-state index is 13.2. The van der Waals surface area contributed by atoms with Crippen molar-refractivity contribution in [3.8, 4) is 5.75 Å². The second-order valence-electron chi connectivity index (χ2n) is 4.74. The minimum absolute atomic E-state index is 0.169. The highest BCUT2D eigenvalue weighted by molar-refractivity contribution is 5.35. The summed E-state index contributed by atoms with van der Waals surface area (Å²) in [5, 5.41) is 9.62. The van der Waals surface area contributed by atoms with Gasteiger partial charge in [0.2, 0.25) is 0 Å². The topological polar surface area (TPSA) is 29.5 Å². The molecule has 2 nitrogen and oxygen atoms in total. The van der Waals surface area contributed by atoms with Crippen LogP contribution in [0.5, 0.6) is 5.75 Å². The molecule has 1 unspecified atom stereocenters. The van der Waals surface area contributed by atoms with Crippen LogP contribution in [0.3, 0.4) is 0 Å². The lowest BCUT2D eigenvalue weighted by atomic mass is 9.97. The number of aliphatic hydroxyl groups excluding tert-OH is 1. The molecule has 0 aromatic heterocycles. The Morgan fingerprint density at radius 1 is 1.29 bits per heavy atom. The van der Waals surface area contributed by atoms with Crippen molar-refractivity contribution >= 4 is 0 Å². The Bertz CT molecular complexity index is 370. The molecule has 94 valence electrons. The van der Waals surface area contributed by atoms with Crippen LogP contribution < -0.4 is 4.74 Å². The lowest BCUT2D eigenvalue weighted by molar-refractivity contribution is 0.141. The Kier molecular flexibility index (Phi) is 4.00. The van der Waals surface area contributed by atoms with E-state index in [9.17, 15) is 9.50 Å². The molecule has 0 bridgehead atoms. The van der Waals surface area contributed by atoms with Crippen LogP contribution in [-0.2, 0) is 0 Å². The summed E-state index contributed by atoms with van der Waals surface area (Å²) in [7, 11) is 0. The highest BCUT2D eigenvalue weighted by Crippen LogP contribution is 2.30. The van der Waals surface area contributed by atoms with Gasteiger partial charge in [-0.15, -0.1) is 0 Å². The molecule has 0 amide bonds. The van der Waals surface area contributed by atoms with Gasteiger partial charge in [0, 0.05) is 11.6 Å². The summed E-state index contributed by atoms with van der Waals surface area (Å²) in [4.78, 5) is 0. The monoisotopic (exact) mass is 238 g/mol. The average Bonchev–Trinajstić information content (AvgIpc) is 2.30. The fourth-order valence-corrected chi connectivity index (χ4v) is 2.32. The van der Waals surface area contributed by atoms with E-state index in [0.717, 1.165) is 12.8 Å². The van der Waals surface area contributed by atoms with E-state index >= 15 is 0 Å². The summed E-state index contributed by atoms with van der Waals surface area (Å²) < 4.78 is 19.0. The molecular formula is C14H19FO2. The standard InChI is InChI=1S/C14H19FO2/c1-10(16)13-8-7-11(15)9-14(13)17-12-5-3-2-4-6-12/h7-10,12,16H,2-6H2,1H3. The molecule has 0 aliphatic heterocycles. The van der Waals surface area contributed by atoms with Gasteiger partial charge in [-0.2, -0.15) is 0 Å². The van der Waals surface area contributed by atoms with E-state index in [2.05, 4.69) is 0 Å². The third-order valence-corrected chi connectivity index (χ3v) is 3.27. The van der Waals surface area contributed by atoms with Crippen LogP contribution >= 0.6 is 0 Å². The zero-order chi connectivity index (χ0) is 12.3. The number of hydrogen-bond acceptors (Lipinski definition) is 2. The molecule has 1 aromatic carbocycles. The van der Waals surface area contributed by atoms with E-state index < -0.39 is 6.10 Å². The number of rotatable bonds is 3. The third-order valence-electron chi connectivity index (χ3n) is 3.27. The van der Waals surface area contributed by atoms with Crippen molar-refractivity contribution < 1.29 is 14.2 Å². The first-order chi connectivity index (χ1) is 8.16. The van der Waals surface area contributed by atoms with E-state index in [1.165, 1.54) is 31.4 Å². The van der Waals surface area contributed by atoms with Crippen molar-refractivity contribution in [2.24, 2.45) is 0 Å². The zero-order valence-corrected chi connectivity index (χ0v) is 10.2. The number of benzene rings is 1. The highest BCUT2D eigenvalue weighted by Gasteiger charge is 2.18. The molecule has 3 heteroatoms. The van der Waals surface area contributed by atoms with Gasteiger partial charge in [0.15, 0.2) is 0 Å². The molecule has 1 aliphatic rings. The normalized spacial score (nSPS) is 19.0. The van der Waals surface area contributed by atoms with E-state index in [0.29, 0.717) is 11.3 Å². The summed E-state index contributed by atoms with van der Waals surface area (Å²) in [5.74, 6) is 0.173. The Morgan fingerprint density at radius 3 is 2.65 bits per heavy atom. The maximum atomic E-state index is 13.2. The van der Waals surface area contributed by atoms with Crippen molar-refractivity contribution in [2.45, 2.75) is 51.2 Å².